The second-order valence-electron chi connectivity index (χ2n) is 7.50. The number of pyridine rings is 1. The van der Waals surface area contributed by atoms with Crippen LogP contribution in [0, 0.1) is 20.8 Å². The summed E-state index contributed by atoms with van der Waals surface area (Å²) in [5, 5.41) is 3.27. The van der Waals surface area contributed by atoms with Gasteiger partial charge in [0.2, 0.25) is 5.95 Å². The molecule has 30 heavy (non-hydrogen) atoms. The Balaban J connectivity index is 1.54. The molecule has 0 radical (unpaired) electrons. The summed E-state index contributed by atoms with van der Waals surface area (Å²) in [5.74, 6) is 0.563. The van der Waals surface area contributed by atoms with Crippen molar-refractivity contribution >= 4 is 17.5 Å². The molecule has 1 fully saturated rings. The lowest BCUT2D eigenvalue weighted by Gasteiger charge is -2.33. The Morgan fingerprint density at radius 2 is 1.70 bits per heavy atom. The molecule has 0 aliphatic carbocycles. The van der Waals surface area contributed by atoms with E-state index in [0.29, 0.717) is 31.2 Å². The molecule has 3 aromatic rings. The summed E-state index contributed by atoms with van der Waals surface area (Å²) < 4.78 is 5.96. The molecule has 1 amide bonds. The fourth-order valence-corrected chi connectivity index (χ4v) is 3.62. The summed E-state index contributed by atoms with van der Waals surface area (Å²) in [6, 6.07) is 15.1. The van der Waals surface area contributed by atoms with Crippen molar-refractivity contribution in [3.05, 3.63) is 76.9 Å². The van der Waals surface area contributed by atoms with Crippen molar-refractivity contribution in [1.82, 2.24) is 19.9 Å². The van der Waals surface area contributed by atoms with Gasteiger partial charge in [-0.25, -0.2) is 9.97 Å². The smallest absolute Gasteiger partial charge is 0.254 e. The fourth-order valence-electron chi connectivity index (χ4n) is 3.62. The van der Waals surface area contributed by atoms with Crippen LogP contribution in [-0.4, -0.2) is 45.5 Å². The van der Waals surface area contributed by atoms with E-state index in [1.165, 1.54) is 0 Å². The van der Waals surface area contributed by atoms with Gasteiger partial charge < -0.3 is 15.0 Å². The predicted molar refractivity (Wildman–Crippen MR) is 115 cm³/mol. The summed E-state index contributed by atoms with van der Waals surface area (Å²) in [6.45, 7) is 7.32. The molecule has 7 nitrogen and oxygen atoms in total. The first-order valence-corrected chi connectivity index (χ1v) is 10.0. The maximum atomic E-state index is 12.8. The van der Waals surface area contributed by atoms with E-state index in [9.17, 15) is 4.79 Å². The summed E-state index contributed by atoms with van der Waals surface area (Å²) in [4.78, 5) is 28.2. The van der Waals surface area contributed by atoms with Gasteiger partial charge in [-0.2, -0.15) is 0 Å². The number of hydrogen-bond acceptors (Lipinski definition) is 6. The lowest BCUT2D eigenvalue weighted by atomic mass is 10.1. The number of anilines is 2. The Hall–Kier alpha value is -3.32. The third kappa shape index (κ3) is 4.63. The summed E-state index contributed by atoms with van der Waals surface area (Å²) >= 11 is 0. The van der Waals surface area contributed by atoms with Crippen LogP contribution in [0.25, 0.3) is 0 Å². The number of aromatic nitrogens is 3. The standard InChI is InChI=1S/C23H25N5O2/c1-15-11-16(2)26-23(25-15)27-19-12-17(3)24-20(13-19)21-14-28(9-10-30-21)22(29)18-7-5-4-6-8-18/h4-8,11-13,21H,9-10,14H2,1-3H3,(H,24,25,26,27). The molecule has 1 N–H and O–H groups in total. The van der Waals surface area contributed by atoms with Crippen molar-refractivity contribution in [2.24, 2.45) is 0 Å². The Morgan fingerprint density at radius 1 is 1.00 bits per heavy atom. The van der Waals surface area contributed by atoms with E-state index in [-0.39, 0.29) is 12.0 Å². The normalized spacial score (nSPS) is 16.4. The van der Waals surface area contributed by atoms with Gasteiger partial charge in [-0.3, -0.25) is 9.78 Å². The first kappa shape index (κ1) is 20.0. The molecule has 1 unspecified atom stereocenters. The van der Waals surface area contributed by atoms with E-state index in [1.54, 1.807) is 0 Å². The molecule has 0 bridgehead atoms. The SMILES string of the molecule is Cc1cc(Nc2nc(C)cc(C)n2)cc(C2CN(C(=O)c3ccccc3)CCO2)n1. The molecular weight excluding hydrogens is 378 g/mol. The molecule has 7 heteroatoms. The number of amides is 1. The zero-order valence-corrected chi connectivity index (χ0v) is 17.4. The number of nitrogens with zero attached hydrogens (tertiary/aromatic N) is 4. The van der Waals surface area contributed by atoms with Gasteiger partial charge in [0.15, 0.2) is 0 Å². The van der Waals surface area contributed by atoms with Crippen molar-refractivity contribution < 1.29 is 9.53 Å². The summed E-state index contributed by atoms with van der Waals surface area (Å²) in [5.41, 5.74) is 4.98. The average Bonchev–Trinajstić information content (AvgIpc) is 2.73. The number of carbonyl (C=O) groups excluding carboxylic acids is 1. The van der Waals surface area contributed by atoms with Gasteiger partial charge in [0.25, 0.3) is 5.91 Å². The molecular formula is C23H25N5O2. The number of hydrogen-bond donors (Lipinski definition) is 1. The van der Waals surface area contributed by atoms with Crippen LogP contribution < -0.4 is 5.32 Å². The first-order valence-electron chi connectivity index (χ1n) is 10.0. The Bertz CT molecular complexity index is 1030. The molecule has 1 aromatic carbocycles. The van der Waals surface area contributed by atoms with Crippen LogP contribution in [0.2, 0.25) is 0 Å². The van der Waals surface area contributed by atoms with Crippen molar-refractivity contribution in [3.8, 4) is 0 Å². The molecule has 154 valence electrons. The zero-order valence-electron chi connectivity index (χ0n) is 17.4. The maximum Gasteiger partial charge on any atom is 0.254 e. The van der Waals surface area contributed by atoms with Crippen molar-refractivity contribution in [2.45, 2.75) is 26.9 Å². The van der Waals surface area contributed by atoms with Crippen LogP contribution in [0.3, 0.4) is 0 Å². The third-order valence-corrected chi connectivity index (χ3v) is 4.92. The number of rotatable bonds is 4. The van der Waals surface area contributed by atoms with E-state index in [1.807, 2.05) is 74.2 Å². The van der Waals surface area contributed by atoms with Crippen LogP contribution in [0.5, 0.6) is 0 Å². The Morgan fingerprint density at radius 3 is 2.43 bits per heavy atom. The molecule has 0 saturated carbocycles. The minimum absolute atomic E-state index is 0.0125. The maximum absolute atomic E-state index is 12.8. The molecule has 4 rings (SSSR count). The predicted octanol–water partition coefficient (Wildman–Crippen LogP) is 3.75. The van der Waals surface area contributed by atoms with Crippen LogP contribution in [0.15, 0.2) is 48.5 Å². The van der Waals surface area contributed by atoms with Crippen LogP contribution in [0.1, 0.15) is 39.2 Å². The van der Waals surface area contributed by atoms with Gasteiger partial charge in [0, 0.05) is 34.9 Å². The van der Waals surface area contributed by atoms with Gasteiger partial charge in [0.1, 0.15) is 6.10 Å². The number of ether oxygens (including phenoxy) is 1. The second kappa shape index (κ2) is 8.59. The van der Waals surface area contributed by atoms with Gasteiger partial charge in [0.05, 0.1) is 18.8 Å². The Labute approximate surface area is 176 Å². The van der Waals surface area contributed by atoms with Crippen molar-refractivity contribution in [1.29, 1.82) is 0 Å². The topological polar surface area (TPSA) is 80.2 Å². The van der Waals surface area contributed by atoms with E-state index in [2.05, 4.69) is 20.3 Å². The number of morpholine rings is 1. The monoisotopic (exact) mass is 403 g/mol. The van der Waals surface area contributed by atoms with Crippen molar-refractivity contribution in [2.75, 3.05) is 25.0 Å². The Kier molecular flexibility index (Phi) is 5.72. The lowest BCUT2D eigenvalue weighted by Crippen LogP contribution is -2.42. The van der Waals surface area contributed by atoms with E-state index >= 15 is 0 Å². The third-order valence-electron chi connectivity index (χ3n) is 4.92. The van der Waals surface area contributed by atoms with E-state index < -0.39 is 0 Å². The molecule has 1 aliphatic rings. The highest BCUT2D eigenvalue weighted by molar-refractivity contribution is 5.94. The molecule has 1 saturated heterocycles. The minimum Gasteiger partial charge on any atom is -0.368 e. The highest BCUT2D eigenvalue weighted by Crippen LogP contribution is 2.26. The second-order valence-corrected chi connectivity index (χ2v) is 7.50. The van der Waals surface area contributed by atoms with E-state index in [0.717, 1.165) is 28.5 Å². The van der Waals surface area contributed by atoms with Crippen LogP contribution in [-0.2, 0) is 4.74 Å². The number of carbonyl (C=O) groups is 1. The quantitative estimate of drug-likeness (QED) is 0.715. The summed E-state index contributed by atoms with van der Waals surface area (Å²) in [7, 11) is 0. The van der Waals surface area contributed by atoms with Crippen LogP contribution in [0.4, 0.5) is 11.6 Å². The lowest BCUT2D eigenvalue weighted by molar-refractivity contribution is -0.0247. The fraction of sp³-hybridized carbons (Fsp3) is 0.304. The minimum atomic E-state index is -0.285. The van der Waals surface area contributed by atoms with Crippen LogP contribution >= 0.6 is 0 Å². The van der Waals surface area contributed by atoms with Gasteiger partial charge in [-0.1, -0.05) is 18.2 Å². The molecule has 1 atom stereocenters. The molecule has 3 heterocycles. The molecule has 1 aliphatic heterocycles. The average molecular weight is 403 g/mol. The van der Waals surface area contributed by atoms with E-state index in [4.69, 9.17) is 4.74 Å². The highest BCUT2D eigenvalue weighted by atomic mass is 16.5. The number of nitrogens with one attached hydrogen (secondary N) is 1. The summed E-state index contributed by atoms with van der Waals surface area (Å²) in [6.07, 6.45) is -0.285. The molecule has 0 spiro atoms. The largest absolute Gasteiger partial charge is 0.368 e. The zero-order chi connectivity index (χ0) is 21.1. The van der Waals surface area contributed by atoms with Crippen molar-refractivity contribution in [3.63, 3.8) is 0 Å². The number of benzene rings is 1. The highest BCUT2D eigenvalue weighted by Gasteiger charge is 2.27. The van der Waals surface area contributed by atoms with Gasteiger partial charge >= 0.3 is 0 Å². The van der Waals surface area contributed by atoms with Gasteiger partial charge in [-0.15, -0.1) is 0 Å². The first-order chi connectivity index (χ1) is 14.5. The number of aryl methyl sites for hydroxylation is 3. The van der Waals surface area contributed by atoms with Gasteiger partial charge in [-0.05, 0) is 51.1 Å². The molecule has 2 aromatic heterocycles.